The van der Waals surface area contributed by atoms with Gasteiger partial charge in [0, 0.05) is 0 Å². The van der Waals surface area contributed by atoms with E-state index < -0.39 is 11.9 Å². The van der Waals surface area contributed by atoms with Gasteiger partial charge in [0.1, 0.15) is 0 Å². The molecule has 1 aliphatic rings. The monoisotopic (exact) mass is 384 g/mol. The summed E-state index contributed by atoms with van der Waals surface area (Å²) in [6.07, 6.45) is 5.43. The second-order valence-electron chi connectivity index (χ2n) is 5.79. The third-order valence-corrected chi connectivity index (χ3v) is 4.90. The van der Waals surface area contributed by atoms with Gasteiger partial charge in [-0.15, -0.1) is 0 Å². The van der Waals surface area contributed by atoms with Gasteiger partial charge in [0.15, 0.2) is 0 Å². The molecule has 1 aliphatic heterocycles. The molecule has 4 rings (SSSR count). The Balaban J connectivity index is 0.00000169. The number of hydrogen-bond donors (Lipinski definition) is 0. The van der Waals surface area contributed by atoms with E-state index in [0.29, 0.717) is 9.86 Å². The van der Waals surface area contributed by atoms with Crippen molar-refractivity contribution < 1.29 is 14.7 Å². The predicted molar refractivity (Wildman–Crippen MR) is 87.5 cm³/mol. The van der Waals surface area contributed by atoms with E-state index >= 15 is 0 Å². The molecule has 1 atom stereocenters. The molecule has 0 aliphatic carbocycles. The summed E-state index contributed by atoms with van der Waals surface area (Å²) < 4.78 is 18.1. The zero-order valence-electron chi connectivity index (χ0n) is 12.9. The Morgan fingerprint density at radius 1 is 1.42 bits per heavy atom. The van der Waals surface area contributed by atoms with Crippen LogP contribution in [0.3, 0.4) is 0 Å². The fourth-order valence-electron chi connectivity index (χ4n) is 3.22. The van der Waals surface area contributed by atoms with Crippen LogP contribution in [0, 0.1) is 5.82 Å². The van der Waals surface area contributed by atoms with Crippen molar-refractivity contribution in [3.05, 3.63) is 46.3 Å². The average molecular weight is 385 g/mol. The number of imidazole rings is 1. The third-order valence-electron chi connectivity index (χ3n) is 4.29. The van der Waals surface area contributed by atoms with Gasteiger partial charge in [0.25, 0.3) is 0 Å². The van der Waals surface area contributed by atoms with Gasteiger partial charge in [0.05, 0.1) is 0 Å². The van der Waals surface area contributed by atoms with Crippen LogP contribution in [0.1, 0.15) is 23.9 Å². The molecule has 1 aromatic carbocycles. The van der Waals surface area contributed by atoms with Gasteiger partial charge in [-0.25, -0.2) is 0 Å². The van der Waals surface area contributed by atoms with Gasteiger partial charge in [-0.2, -0.15) is 0 Å². The quantitative estimate of drug-likeness (QED) is 0.649. The Morgan fingerprint density at radius 3 is 2.96 bits per heavy atom. The summed E-state index contributed by atoms with van der Waals surface area (Å²) in [6.45, 7) is 0.926. The van der Waals surface area contributed by atoms with E-state index in [4.69, 9.17) is 0 Å². The molecule has 3 aromatic rings. The van der Waals surface area contributed by atoms with Crippen molar-refractivity contribution in [2.75, 3.05) is 0 Å². The van der Waals surface area contributed by atoms with E-state index in [9.17, 15) is 9.18 Å². The minimum atomic E-state index is -0.616. The van der Waals surface area contributed by atoms with Crippen LogP contribution in [0.2, 0.25) is 0 Å². The second kappa shape index (κ2) is 6.45. The van der Waals surface area contributed by atoms with Gasteiger partial charge < -0.3 is 5.48 Å². The number of rotatable bonds is 3. The summed E-state index contributed by atoms with van der Waals surface area (Å²) >= 11 is 4.68. The van der Waals surface area contributed by atoms with Crippen LogP contribution in [0.15, 0.2) is 29.1 Å². The van der Waals surface area contributed by atoms with Crippen LogP contribution in [0.25, 0.3) is 10.9 Å². The first-order valence-corrected chi connectivity index (χ1v) is 8.23. The number of nitrogens with zero attached hydrogens (tertiary/aromatic N) is 4. The van der Waals surface area contributed by atoms with Crippen molar-refractivity contribution in [2.24, 2.45) is 0 Å². The zero-order valence-corrected chi connectivity index (χ0v) is 14.5. The Labute approximate surface area is 154 Å². The summed E-state index contributed by atoms with van der Waals surface area (Å²) in [7, 11) is 0. The molecule has 6 nitrogen and oxygen atoms in total. The molecule has 0 spiro atoms. The fourth-order valence-corrected chi connectivity index (χ4v) is 3.54. The second-order valence-corrected chi connectivity index (χ2v) is 6.65. The molecule has 0 N–H and O–H groups in total. The number of hydrogen-bond acceptors (Lipinski definition) is 3. The van der Waals surface area contributed by atoms with E-state index in [0.717, 1.165) is 30.8 Å². The fraction of sp³-hybridized carbons (Fsp3) is 0.267. The zero-order chi connectivity index (χ0) is 16.1. The van der Waals surface area contributed by atoms with Crippen molar-refractivity contribution in [2.45, 2.75) is 25.4 Å². The Bertz CT molecular complexity index is 939. The van der Waals surface area contributed by atoms with Crippen molar-refractivity contribution in [1.82, 2.24) is 19.3 Å². The van der Waals surface area contributed by atoms with Gasteiger partial charge in [-0.05, 0) is 0 Å². The number of carbonyl (C=O) groups is 1. The minimum Gasteiger partial charge on any atom is -2.00 e. The van der Waals surface area contributed by atoms with E-state index in [-0.39, 0.29) is 15.4 Å². The van der Waals surface area contributed by atoms with Gasteiger partial charge >= 0.3 is 149 Å². The molecule has 0 saturated heterocycles. The van der Waals surface area contributed by atoms with E-state index in [1.807, 2.05) is 0 Å². The molecule has 0 fully saturated rings. The largest absolute Gasteiger partial charge is 2.00 e. The summed E-state index contributed by atoms with van der Waals surface area (Å²) in [4.78, 5) is 16.7. The van der Waals surface area contributed by atoms with Crippen LogP contribution < -0.4 is 0 Å². The molecule has 24 heavy (non-hydrogen) atoms. The first-order chi connectivity index (χ1) is 11.1. The molecular weight excluding hydrogens is 374 g/mol. The van der Waals surface area contributed by atoms with Crippen molar-refractivity contribution in [1.29, 1.82) is 0 Å². The number of halogens is 2. The van der Waals surface area contributed by atoms with Crippen LogP contribution in [-0.4, -0.2) is 41.5 Å². The SMILES string of the molecule is [Li][C](=O)C(c1ncn2c1CCC2)n1cc2ccc(Br)c(F)c2n1.[O-2]. The van der Waals surface area contributed by atoms with Gasteiger partial charge in [-0.3, -0.25) is 0 Å². The number of fused-ring (bicyclic) bond motifs is 2. The number of benzene rings is 1. The average Bonchev–Trinajstić information content (AvgIpc) is 3.19. The third kappa shape index (κ3) is 2.64. The van der Waals surface area contributed by atoms with Gasteiger partial charge in [-0.1, -0.05) is 0 Å². The molecule has 9 heteroatoms. The van der Waals surface area contributed by atoms with Crippen molar-refractivity contribution in [3.63, 3.8) is 0 Å². The molecular formula is C15H11BrFLiN4O2-2. The molecule has 0 bridgehead atoms. The smallest absolute Gasteiger partial charge is 2.00 e. The van der Waals surface area contributed by atoms with Crippen LogP contribution in [0.5, 0.6) is 0 Å². The summed E-state index contributed by atoms with van der Waals surface area (Å²) in [5.41, 5.74) is 2.05. The van der Waals surface area contributed by atoms with Crippen LogP contribution in [0.4, 0.5) is 4.39 Å². The number of aromatic nitrogens is 4. The Hall–Kier alpha value is -1.46. The first-order valence-electron chi connectivity index (χ1n) is 7.43. The van der Waals surface area contributed by atoms with Crippen LogP contribution >= 0.6 is 15.9 Å². The minimum absolute atomic E-state index is 0. The molecule has 120 valence electrons. The summed E-state index contributed by atoms with van der Waals surface area (Å²) in [6, 6.07) is 2.80. The molecule has 3 heterocycles. The van der Waals surface area contributed by atoms with Crippen molar-refractivity contribution >= 4 is 49.0 Å². The first kappa shape index (κ1) is 17.4. The topological polar surface area (TPSA) is 81.2 Å². The molecule has 0 saturated carbocycles. The maximum absolute atomic E-state index is 14.2. The molecule has 0 radical (unpaired) electrons. The maximum atomic E-state index is 14.2. The molecule has 2 aromatic heterocycles. The Morgan fingerprint density at radius 2 is 2.21 bits per heavy atom. The Kier molecular flexibility index (Phi) is 4.66. The van der Waals surface area contributed by atoms with Crippen LogP contribution in [-0.2, 0) is 23.2 Å². The number of aryl methyl sites for hydroxylation is 1. The van der Waals surface area contributed by atoms with E-state index in [1.165, 1.54) is 22.4 Å². The maximum Gasteiger partial charge on any atom is -2.00 e. The van der Waals surface area contributed by atoms with Crippen molar-refractivity contribution in [3.8, 4) is 0 Å². The summed E-state index contributed by atoms with van der Waals surface area (Å²) in [5, 5.41) is 4.98. The number of carbonyl (C=O) groups excluding carboxylic acids is 1. The van der Waals surface area contributed by atoms with E-state index in [2.05, 4.69) is 30.6 Å². The van der Waals surface area contributed by atoms with Gasteiger partial charge in [0.2, 0.25) is 0 Å². The standard InChI is InChI=1S/C15H11BrFN4O.Li.O/c16-10-4-3-9-6-21(19-14(9)13(10)17)12(7-22)15-11-2-1-5-20(11)8-18-15;;/h3-4,6,8,12H,1-2,5H2;;/q;;-2. The van der Waals surface area contributed by atoms with E-state index in [1.54, 1.807) is 24.7 Å². The molecule has 1 unspecified atom stereocenters. The summed E-state index contributed by atoms with van der Waals surface area (Å²) in [5.74, 6) is -0.418. The predicted octanol–water partition coefficient (Wildman–Crippen LogP) is 2.25. The molecule has 0 amide bonds. The normalized spacial score (nSPS) is 14.5.